The van der Waals surface area contributed by atoms with Gasteiger partial charge in [-0.1, -0.05) is 32.0 Å². The highest BCUT2D eigenvalue weighted by molar-refractivity contribution is 5.51. The third-order valence-corrected chi connectivity index (χ3v) is 2.57. The predicted octanol–water partition coefficient (Wildman–Crippen LogP) is 2.64. The van der Waals surface area contributed by atoms with Crippen molar-refractivity contribution in [2.45, 2.75) is 33.4 Å². The van der Waals surface area contributed by atoms with Crippen molar-refractivity contribution in [3.8, 4) is 0 Å². The third kappa shape index (κ3) is 2.74. The van der Waals surface area contributed by atoms with E-state index in [4.69, 9.17) is 5.11 Å². The Morgan fingerprint density at radius 1 is 1.21 bits per heavy atom. The van der Waals surface area contributed by atoms with Crippen LogP contribution in [0.2, 0.25) is 0 Å². The molecule has 0 saturated carbocycles. The number of aliphatic hydroxyl groups excluding tert-OH is 1. The van der Waals surface area contributed by atoms with Gasteiger partial charge in [-0.2, -0.15) is 0 Å². The summed E-state index contributed by atoms with van der Waals surface area (Å²) in [6.07, 6.45) is 0. The van der Waals surface area contributed by atoms with Crippen molar-refractivity contribution in [1.82, 2.24) is 0 Å². The van der Waals surface area contributed by atoms with E-state index in [1.165, 1.54) is 0 Å². The normalized spacial score (nSPS) is 12.9. The zero-order valence-electron chi connectivity index (χ0n) is 9.12. The fourth-order valence-corrected chi connectivity index (χ4v) is 1.21. The number of benzene rings is 1. The number of anilines is 1. The molecule has 0 bridgehead atoms. The van der Waals surface area contributed by atoms with Crippen molar-refractivity contribution in [3.63, 3.8) is 0 Å². The SMILES string of the molecule is CC(C)C(C)Nc1ccccc1CO. The summed E-state index contributed by atoms with van der Waals surface area (Å²) in [4.78, 5) is 0. The molecular weight excluding hydrogens is 174 g/mol. The van der Waals surface area contributed by atoms with Gasteiger partial charge < -0.3 is 10.4 Å². The lowest BCUT2D eigenvalue weighted by molar-refractivity contribution is 0.282. The quantitative estimate of drug-likeness (QED) is 0.770. The molecule has 0 aliphatic carbocycles. The molecule has 0 heterocycles. The van der Waals surface area contributed by atoms with Gasteiger partial charge in [0.15, 0.2) is 0 Å². The highest BCUT2D eigenvalue weighted by Crippen LogP contribution is 2.17. The molecule has 2 N–H and O–H groups in total. The molecule has 1 aromatic rings. The first-order valence-corrected chi connectivity index (χ1v) is 5.10. The van der Waals surface area contributed by atoms with Crippen LogP contribution in [0.1, 0.15) is 26.3 Å². The summed E-state index contributed by atoms with van der Waals surface area (Å²) in [7, 11) is 0. The summed E-state index contributed by atoms with van der Waals surface area (Å²) >= 11 is 0. The van der Waals surface area contributed by atoms with Crippen molar-refractivity contribution < 1.29 is 5.11 Å². The molecule has 0 saturated heterocycles. The van der Waals surface area contributed by atoms with Gasteiger partial charge in [-0.25, -0.2) is 0 Å². The lowest BCUT2D eigenvalue weighted by Gasteiger charge is -2.20. The molecule has 1 atom stereocenters. The smallest absolute Gasteiger partial charge is 0.0701 e. The number of nitrogens with one attached hydrogen (secondary N) is 1. The van der Waals surface area contributed by atoms with Crippen LogP contribution in [0.5, 0.6) is 0 Å². The minimum atomic E-state index is 0.0913. The van der Waals surface area contributed by atoms with E-state index in [9.17, 15) is 0 Å². The van der Waals surface area contributed by atoms with Crippen LogP contribution in [-0.2, 0) is 6.61 Å². The summed E-state index contributed by atoms with van der Waals surface area (Å²) in [6.45, 7) is 6.60. The second-order valence-corrected chi connectivity index (χ2v) is 3.99. The van der Waals surface area contributed by atoms with E-state index in [2.05, 4.69) is 26.1 Å². The average Bonchev–Trinajstić information content (AvgIpc) is 2.18. The first-order chi connectivity index (χ1) is 6.65. The highest BCUT2D eigenvalue weighted by Gasteiger charge is 2.08. The molecule has 0 aromatic heterocycles. The monoisotopic (exact) mass is 193 g/mol. The van der Waals surface area contributed by atoms with Gasteiger partial charge in [0, 0.05) is 17.3 Å². The van der Waals surface area contributed by atoms with E-state index >= 15 is 0 Å². The number of hydrogen-bond acceptors (Lipinski definition) is 2. The lowest BCUT2D eigenvalue weighted by Crippen LogP contribution is -2.22. The molecule has 78 valence electrons. The van der Waals surface area contributed by atoms with Gasteiger partial charge in [-0.3, -0.25) is 0 Å². The Balaban J connectivity index is 2.75. The van der Waals surface area contributed by atoms with Gasteiger partial charge in [-0.05, 0) is 18.9 Å². The predicted molar refractivity (Wildman–Crippen MR) is 60.3 cm³/mol. The molecule has 1 rings (SSSR count). The second kappa shape index (κ2) is 5.01. The summed E-state index contributed by atoms with van der Waals surface area (Å²) in [5.41, 5.74) is 2.00. The van der Waals surface area contributed by atoms with E-state index in [1.807, 2.05) is 24.3 Å². The molecule has 0 radical (unpaired) electrons. The molecule has 2 heteroatoms. The molecule has 0 amide bonds. The van der Waals surface area contributed by atoms with Gasteiger partial charge in [-0.15, -0.1) is 0 Å². The first kappa shape index (κ1) is 11.1. The van der Waals surface area contributed by atoms with Crippen LogP contribution in [-0.4, -0.2) is 11.1 Å². The van der Waals surface area contributed by atoms with Crippen LogP contribution in [0.4, 0.5) is 5.69 Å². The van der Waals surface area contributed by atoms with Crippen molar-refractivity contribution in [2.75, 3.05) is 5.32 Å². The van der Waals surface area contributed by atoms with E-state index in [-0.39, 0.29) is 6.61 Å². The largest absolute Gasteiger partial charge is 0.392 e. The lowest BCUT2D eigenvalue weighted by atomic mass is 10.1. The Bertz CT molecular complexity index is 283. The summed E-state index contributed by atoms with van der Waals surface area (Å²) < 4.78 is 0. The summed E-state index contributed by atoms with van der Waals surface area (Å²) in [5.74, 6) is 0.585. The number of para-hydroxylation sites is 1. The number of hydrogen-bond donors (Lipinski definition) is 2. The van der Waals surface area contributed by atoms with Crippen molar-refractivity contribution in [2.24, 2.45) is 5.92 Å². The van der Waals surface area contributed by atoms with Crippen molar-refractivity contribution in [3.05, 3.63) is 29.8 Å². The van der Waals surface area contributed by atoms with E-state index < -0.39 is 0 Å². The van der Waals surface area contributed by atoms with Crippen molar-refractivity contribution in [1.29, 1.82) is 0 Å². The van der Waals surface area contributed by atoms with Crippen LogP contribution in [0.25, 0.3) is 0 Å². The Morgan fingerprint density at radius 3 is 2.43 bits per heavy atom. The van der Waals surface area contributed by atoms with Gasteiger partial charge >= 0.3 is 0 Å². The maximum absolute atomic E-state index is 9.13. The Kier molecular flexibility index (Phi) is 3.96. The molecule has 14 heavy (non-hydrogen) atoms. The van der Waals surface area contributed by atoms with Crippen LogP contribution in [0.3, 0.4) is 0 Å². The Labute approximate surface area is 86.0 Å². The maximum Gasteiger partial charge on any atom is 0.0701 e. The number of aliphatic hydroxyl groups is 1. The molecule has 0 aliphatic rings. The van der Waals surface area contributed by atoms with Crippen molar-refractivity contribution >= 4 is 5.69 Å². The molecule has 0 aliphatic heterocycles. The summed E-state index contributed by atoms with van der Waals surface area (Å²) in [5, 5.41) is 12.5. The van der Waals surface area contributed by atoms with E-state index in [1.54, 1.807) is 0 Å². The Hall–Kier alpha value is -1.02. The van der Waals surface area contributed by atoms with E-state index in [0.717, 1.165) is 11.3 Å². The third-order valence-electron chi connectivity index (χ3n) is 2.57. The average molecular weight is 193 g/mol. The second-order valence-electron chi connectivity index (χ2n) is 3.99. The van der Waals surface area contributed by atoms with Gasteiger partial charge in [0.25, 0.3) is 0 Å². The number of rotatable bonds is 4. The van der Waals surface area contributed by atoms with Crippen LogP contribution in [0, 0.1) is 5.92 Å². The summed E-state index contributed by atoms with van der Waals surface area (Å²) in [6, 6.07) is 8.29. The fraction of sp³-hybridized carbons (Fsp3) is 0.500. The van der Waals surface area contributed by atoms with Gasteiger partial charge in [0.1, 0.15) is 0 Å². The molecule has 0 spiro atoms. The molecule has 1 aromatic carbocycles. The molecule has 0 fully saturated rings. The minimum absolute atomic E-state index is 0.0913. The topological polar surface area (TPSA) is 32.3 Å². The van der Waals surface area contributed by atoms with Gasteiger partial charge in [0.05, 0.1) is 6.61 Å². The van der Waals surface area contributed by atoms with Gasteiger partial charge in [0.2, 0.25) is 0 Å². The molecule has 1 unspecified atom stereocenters. The minimum Gasteiger partial charge on any atom is -0.392 e. The highest BCUT2D eigenvalue weighted by atomic mass is 16.3. The molecule has 2 nitrogen and oxygen atoms in total. The fourth-order valence-electron chi connectivity index (χ4n) is 1.21. The maximum atomic E-state index is 9.13. The zero-order chi connectivity index (χ0) is 10.6. The molecular formula is C12H19NO. The standard InChI is InChI=1S/C12H19NO/c1-9(2)10(3)13-12-7-5-4-6-11(12)8-14/h4-7,9-10,13-14H,8H2,1-3H3. The Morgan fingerprint density at radius 2 is 1.86 bits per heavy atom. The van der Waals surface area contributed by atoms with Crippen LogP contribution >= 0.6 is 0 Å². The van der Waals surface area contributed by atoms with Crippen LogP contribution < -0.4 is 5.32 Å². The van der Waals surface area contributed by atoms with Crippen LogP contribution in [0.15, 0.2) is 24.3 Å². The van der Waals surface area contributed by atoms with E-state index in [0.29, 0.717) is 12.0 Å². The zero-order valence-corrected chi connectivity index (χ0v) is 9.12. The first-order valence-electron chi connectivity index (χ1n) is 5.10.